The Morgan fingerprint density at radius 3 is 3.04 bits per heavy atom. The van der Waals surface area contributed by atoms with Gasteiger partial charge < -0.3 is 4.90 Å². The first kappa shape index (κ1) is 19.4. The summed E-state index contributed by atoms with van der Waals surface area (Å²) in [5, 5.41) is 12.6. The van der Waals surface area contributed by atoms with Crippen LogP contribution in [0.2, 0.25) is 0 Å². The third-order valence-corrected chi connectivity index (χ3v) is 6.71. The van der Waals surface area contributed by atoms with E-state index in [1.54, 1.807) is 24.6 Å². The van der Waals surface area contributed by atoms with Crippen molar-refractivity contribution in [2.24, 2.45) is 0 Å². The second kappa shape index (κ2) is 8.08. The van der Waals surface area contributed by atoms with E-state index < -0.39 is 0 Å². The van der Waals surface area contributed by atoms with Crippen molar-refractivity contribution in [1.82, 2.24) is 9.55 Å². The summed E-state index contributed by atoms with van der Waals surface area (Å²) in [5.41, 5.74) is 0.343. The number of nitrogens with zero attached hydrogens (tertiary/aromatic N) is 4. The molecule has 0 aliphatic carbocycles. The lowest BCUT2D eigenvalue weighted by atomic mass is 10.3. The molecule has 0 unspecified atom stereocenters. The molecule has 3 aromatic heterocycles. The number of carbonyl (C=O) groups excluding carboxylic acids is 1. The van der Waals surface area contributed by atoms with Crippen molar-refractivity contribution in [3.8, 4) is 6.07 Å². The Labute approximate surface area is 168 Å². The summed E-state index contributed by atoms with van der Waals surface area (Å²) in [7, 11) is 1.64. The van der Waals surface area contributed by atoms with Crippen LogP contribution in [-0.2, 0) is 11.3 Å². The molecule has 6 nitrogen and oxygen atoms in total. The summed E-state index contributed by atoms with van der Waals surface area (Å²) >= 11 is 4.01. The zero-order chi connectivity index (χ0) is 19.6. The van der Waals surface area contributed by atoms with Gasteiger partial charge in [0.1, 0.15) is 15.9 Å². The maximum Gasteiger partial charge on any atom is 0.263 e. The van der Waals surface area contributed by atoms with Crippen LogP contribution in [0.5, 0.6) is 0 Å². The molecule has 0 aliphatic rings. The van der Waals surface area contributed by atoms with E-state index in [0.29, 0.717) is 32.5 Å². The molecule has 3 rings (SSSR count). The van der Waals surface area contributed by atoms with Crippen molar-refractivity contribution in [1.29, 1.82) is 5.26 Å². The first-order valence-electron chi connectivity index (χ1n) is 7.95. The molecule has 27 heavy (non-hydrogen) atoms. The number of carbonyl (C=O) groups is 1. The number of hydrogen-bond acceptors (Lipinski definition) is 7. The van der Waals surface area contributed by atoms with Gasteiger partial charge in [0, 0.05) is 18.5 Å². The molecule has 0 saturated carbocycles. The number of anilines is 1. The van der Waals surface area contributed by atoms with Gasteiger partial charge in [-0.1, -0.05) is 17.8 Å². The maximum atomic E-state index is 12.7. The molecule has 0 spiro atoms. The molecule has 9 heteroatoms. The number of allylic oxidation sites excluding steroid dienone is 1. The molecule has 0 aromatic carbocycles. The smallest absolute Gasteiger partial charge is 0.263 e. The lowest BCUT2D eigenvalue weighted by Gasteiger charge is -2.16. The van der Waals surface area contributed by atoms with Crippen LogP contribution in [0.15, 0.2) is 40.1 Å². The number of fused-ring (bicyclic) bond motifs is 1. The first-order valence-corrected chi connectivity index (χ1v) is 10.6. The number of rotatable bonds is 6. The van der Waals surface area contributed by atoms with Crippen LogP contribution in [0.3, 0.4) is 0 Å². The molecule has 1 amide bonds. The minimum Gasteiger partial charge on any atom is -0.305 e. The maximum absolute atomic E-state index is 12.7. The second-order valence-electron chi connectivity index (χ2n) is 5.67. The van der Waals surface area contributed by atoms with E-state index >= 15 is 0 Å². The van der Waals surface area contributed by atoms with Gasteiger partial charge in [-0.3, -0.25) is 14.2 Å². The van der Waals surface area contributed by atoms with E-state index in [0.717, 1.165) is 4.88 Å². The quantitative estimate of drug-likeness (QED) is 0.348. The standard InChI is InChI=1S/C18H16N4O2S3/c1-4-6-22-16(24)13-8-11(2)27-15(13)20-18(22)26-10-14(23)21(3)17-12(9-19)5-7-25-17/h4-5,7-8H,1,6,10H2,2-3H3. The van der Waals surface area contributed by atoms with E-state index in [1.165, 1.54) is 43.9 Å². The van der Waals surface area contributed by atoms with Crippen LogP contribution in [0.4, 0.5) is 5.00 Å². The Morgan fingerprint density at radius 2 is 2.33 bits per heavy atom. The second-order valence-corrected chi connectivity index (χ2v) is 8.74. The minimum atomic E-state index is -0.166. The Kier molecular flexibility index (Phi) is 5.79. The fourth-order valence-corrected chi connectivity index (χ4v) is 5.18. The molecular weight excluding hydrogens is 400 g/mol. The van der Waals surface area contributed by atoms with E-state index in [4.69, 9.17) is 5.26 Å². The fraction of sp³-hybridized carbons (Fsp3) is 0.222. The number of hydrogen-bond donors (Lipinski definition) is 0. The molecule has 0 bridgehead atoms. The summed E-state index contributed by atoms with van der Waals surface area (Å²) in [4.78, 5) is 33.1. The molecule has 0 fully saturated rings. The third-order valence-electron chi connectivity index (χ3n) is 3.82. The van der Waals surface area contributed by atoms with Crippen LogP contribution >= 0.6 is 34.4 Å². The molecule has 0 saturated heterocycles. The highest BCUT2D eigenvalue weighted by atomic mass is 32.2. The fourth-order valence-electron chi connectivity index (χ4n) is 2.50. The Hall–Kier alpha value is -2.41. The van der Waals surface area contributed by atoms with Gasteiger partial charge in [0.2, 0.25) is 5.91 Å². The van der Waals surface area contributed by atoms with Gasteiger partial charge in [-0.2, -0.15) is 5.26 Å². The van der Waals surface area contributed by atoms with Gasteiger partial charge in [-0.25, -0.2) is 4.98 Å². The lowest BCUT2D eigenvalue weighted by molar-refractivity contribution is -0.115. The summed E-state index contributed by atoms with van der Waals surface area (Å²) in [5.74, 6) is -0.0561. The van der Waals surface area contributed by atoms with E-state index in [1.807, 2.05) is 13.0 Å². The van der Waals surface area contributed by atoms with Crippen LogP contribution < -0.4 is 10.5 Å². The average molecular weight is 417 g/mol. The monoisotopic (exact) mass is 416 g/mol. The van der Waals surface area contributed by atoms with Gasteiger partial charge in [0.15, 0.2) is 5.16 Å². The minimum absolute atomic E-state index is 0.110. The molecular formula is C18H16N4O2S3. The highest BCUT2D eigenvalue weighted by Crippen LogP contribution is 2.28. The molecule has 0 radical (unpaired) electrons. The van der Waals surface area contributed by atoms with Crippen LogP contribution in [0.25, 0.3) is 10.2 Å². The predicted molar refractivity (Wildman–Crippen MR) is 112 cm³/mol. The van der Waals surface area contributed by atoms with Crippen molar-refractivity contribution >= 4 is 55.6 Å². The number of amides is 1. The lowest BCUT2D eigenvalue weighted by Crippen LogP contribution is -2.28. The van der Waals surface area contributed by atoms with Gasteiger partial charge in [-0.15, -0.1) is 29.3 Å². The van der Waals surface area contributed by atoms with E-state index in [9.17, 15) is 9.59 Å². The van der Waals surface area contributed by atoms with Crippen molar-refractivity contribution in [3.63, 3.8) is 0 Å². The van der Waals surface area contributed by atoms with Crippen LogP contribution in [0.1, 0.15) is 10.4 Å². The zero-order valence-electron chi connectivity index (χ0n) is 14.8. The summed E-state index contributed by atoms with van der Waals surface area (Å²) in [6.07, 6.45) is 1.64. The topological polar surface area (TPSA) is 79.0 Å². The molecule has 0 N–H and O–H groups in total. The number of aryl methyl sites for hydroxylation is 1. The summed E-state index contributed by atoms with van der Waals surface area (Å²) in [6.45, 7) is 5.96. The first-order chi connectivity index (χ1) is 13.0. The number of thiophene rings is 2. The third kappa shape index (κ3) is 3.83. The molecule has 0 aliphatic heterocycles. The molecule has 3 aromatic rings. The molecule has 3 heterocycles. The van der Waals surface area contributed by atoms with Crippen molar-refractivity contribution in [2.45, 2.75) is 18.6 Å². The molecule has 0 atom stereocenters. The number of nitriles is 1. The Bertz CT molecular complexity index is 1120. The Balaban J connectivity index is 1.87. The van der Waals surface area contributed by atoms with Crippen molar-refractivity contribution in [3.05, 3.63) is 51.0 Å². The predicted octanol–water partition coefficient (Wildman–Crippen LogP) is 3.64. The summed E-state index contributed by atoms with van der Waals surface area (Å²) in [6, 6.07) is 5.61. The van der Waals surface area contributed by atoms with Crippen molar-refractivity contribution < 1.29 is 4.79 Å². The SMILES string of the molecule is C=CCn1c(SCC(=O)N(C)c2sccc2C#N)nc2sc(C)cc2c1=O. The summed E-state index contributed by atoms with van der Waals surface area (Å²) < 4.78 is 1.53. The van der Waals surface area contributed by atoms with Gasteiger partial charge in [0.05, 0.1) is 16.7 Å². The average Bonchev–Trinajstić information content (AvgIpc) is 3.27. The Morgan fingerprint density at radius 1 is 1.56 bits per heavy atom. The van der Waals surface area contributed by atoms with Crippen LogP contribution in [0, 0.1) is 18.3 Å². The number of aromatic nitrogens is 2. The van der Waals surface area contributed by atoms with Crippen molar-refractivity contribution in [2.75, 3.05) is 17.7 Å². The van der Waals surface area contributed by atoms with Crippen LogP contribution in [-0.4, -0.2) is 28.3 Å². The molecule has 138 valence electrons. The van der Waals surface area contributed by atoms with Gasteiger partial charge >= 0.3 is 0 Å². The zero-order valence-corrected chi connectivity index (χ0v) is 17.2. The van der Waals surface area contributed by atoms with E-state index in [2.05, 4.69) is 17.6 Å². The highest BCUT2D eigenvalue weighted by molar-refractivity contribution is 7.99. The van der Waals surface area contributed by atoms with Gasteiger partial charge in [-0.05, 0) is 24.4 Å². The van der Waals surface area contributed by atoms with E-state index in [-0.39, 0.29) is 17.2 Å². The largest absolute Gasteiger partial charge is 0.305 e. The number of thioether (sulfide) groups is 1. The highest BCUT2D eigenvalue weighted by Gasteiger charge is 2.19. The van der Waals surface area contributed by atoms with Gasteiger partial charge in [0.25, 0.3) is 5.56 Å². The normalized spacial score (nSPS) is 10.7.